The van der Waals surface area contributed by atoms with Gasteiger partial charge in [-0.1, -0.05) is 36.4 Å². The molecule has 70 valence electrons. The molecule has 0 atom stereocenters. The highest BCUT2D eigenvalue weighted by atomic mass is 15.1. The highest BCUT2D eigenvalue weighted by Crippen LogP contribution is 2.40. The zero-order chi connectivity index (χ0) is 9.83. The molecule has 0 saturated heterocycles. The molecule has 0 radical (unpaired) electrons. The van der Waals surface area contributed by atoms with Crippen LogP contribution >= 0.6 is 0 Å². The van der Waals surface area contributed by atoms with Gasteiger partial charge in [0.2, 0.25) is 0 Å². The first-order chi connectivity index (χ1) is 7.43. The summed E-state index contributed by atoms with van der Waals surface area (Å²) in [6.07, 6.45) is 2.18. The lowest BCUT2D eigenvalue weighted by atomic mass is 10.0. The van der Waals surface area contributed by atoms with E-state index in [9.17, 15) is 0 Å². The molecule has 0 N–H and O–H groups in total. The summed E-state index contributed by atoms with van der Waals surface area (Å²) in [5, 5.41) is 1.40. The Labute approximate surface area is 87.6 Å². The summed E-state index contributed by atoms with van der Waals surface area (Å²) in [7, 11) is 0. The summed E-state index contributed by atoms with van der Waals surface area (Å²) in [5.41, 5.74) is 5.34. The molecule has 0 fully saturated rings. The Morgan fingerprint density at radius 1 is 0.800 bits per heavy atom. The molecule has 2 aromatic rings. The monoisotopic (exact) mass is 191 g/mol. The Hall–Kier alpha value is -2.02. The van der Waals surface area contributed by atoms with Crippen molar-refractivity contribution >= 4 is 10.9 Å². The highest BCUT2D eigenvalue weighted by molar-refractivity contribution is 6.02. The van der Waals surface area contributed by atoms with E-state index in [0.29, 0.717) is 0 Å². The van der Waals surface area contributed by atoms with E-state index in [0.717, 1.165) is 0 Å². The Morgan fingerprint density at radius 2 is 1.67 bits per heavy atom. The smallest absolute Gasteiger partial charge is 0.0717 e. The lowest BCUT2D eigenvalue weighted by Gasteiger charge is -2.08. The molecule has 0 amide bonds. The molecule has 2 aliphatic heterocycles. The fraction of sp³-hybridized carbons (Fsp3) is 0. The maximum atomic E-state index is 2.28. The predicted octanol–water partition coefficient (Wildman–Crippen LogP) is 3.61. The van der Waals surface area contributed by atoms with Crippen LogP contribution in [-0.2, 0) is 0 Å². The number of hydrogen-bond acceptors (Lipinski definition) is 0. The molecule has 2 heterocycles. The van der Waals surface area contributed by atoms with E-state index in [1.54, 1.807) is 0 Å². The van der Waals surface area contributed by atoms with E-state index in [1.807, 2.05) is 0 Å². The van der Waals surface area contributed by atoms with Crippen LogP contribution in [0.1, 0.15) is 0 Å². The summed E-state index contributed by atoms with van der Waals surface area (Å²) < 4.78 is 2.23. The van der Waals surface area contributed by atoms with Crippen LogP contribution in [0.3, 0.4) is 0 Å². The van der Waals surface area contributed by atoms with Crippen LogP contribution in [0, 0.1) is 0 Å². The lowest BCUT2D eigenvalue weighted by molar-refractivity contribution is 1.30. The molecule has 0 aliphatic carbocycles. The maximum Gasteiger partial charge on any atom is 0.0717 e. The van der Waals surface area contributed by atoms with Gasteiger partial charge in [-0.3, -0.25) is 0 Å². The van der Waals surface area contributed by atoms with Gasteiger partial charge in [0.1, 0.15) is 0 Å². The van der Waals surface area contributed by atoms with Crippen LogP contribution in [0.4, 0.5) is 0 Å². The first kappa shape index (κ1) is 7.30. The SMILES string of the molecule is c1ccc(-c2ccc3c(c2)c2cn3-2)cc1. The van der Waals surface area contributed by atoms with Gasteiger partial charge < -0.3 is 4.57 Å². The van der Waals surface area contributed by atoms with Gasteiger partial charge in [-0.25, -0.2) is 0 Å². The van der Waals surface area contributed by atoms with Crippen LogP contribution in [0.5, 0.6) is 0 Å². The molecule has 2 aliphatic rings. The number of nitrogens with zero attached hydrogens (tertiary/aromatic N) is 1. The van der Waals surface area contributed by atoms with E-state index in [2.05, 4.69) is 59.3 Å². The third-order valence-electron chi connectivity index (χ3n) is 3.08. The van der Waals surface area contributed by atoms with Crippen molar-refractivity contribution in [1.82, 2.24) is 4.57 Å². The molecular weight excluding hydrogens is 182 g/mol. The van der Waals surface area contributed by atoms with Crippen molar-refractivity contribution in [3.05, 3.63) is 54.7 Å². The first-order valence-corrected chi connectivity index (χ1v) is 5.14. The summed E-state index contributed by atoms with van der Waals surface area (Å²) in [5.74, 6) is 0. The third-order valence-corrected chi connectivity index (χ3v) is 3.08. The van der Waals surface area contributed by atoms with Gasteiger partial charge in [0.05, 0.1) is 11.2 Å². The minimum Gasteiger partial charge on any atom is -0.312 e. The Kier molecular flexibility index (Phi) is 1.13. The van der Waals surface area contributed by atoms with Crippen LogP contribution in [0.25, 0.3) is 27.7 Å². The topological polar surface area (TPSA) is 4.93 Å². The molecular formula is C14H9N. The Bertz CT molecular complexity index is 662. The number of hydrogen-bond donors (Lipinski definition) is 0. The van der Waals surface area contributed by atoms with Crippen LogP contribution in [-0.4, -0.2) is 4.57 Å². The van der Waals surface area contributed by atoms with Crippen LogP contribution < -0.4 is 0 Å². The molecule has 0 saturated carbocycles. The third kappa shape index (κ3) is 0.873. The minimum atomic E-state index is 1.29. The van der Waals surface area contributed by atoms with Crippen LogP contribution in [0.15, 0.2) is 54.7 Å². The molecule has 2 aromatic carbocycles. The van der Waals surface area contributed by atoms with Gasteiger partial charge in [-0.2, -0.15) is 0 Å². The zero-order valence-corrected chi connectivity index (χ0v) is 8.14. The zero-order valence-electron chi connectivity index (χ0n) is 8.14. The molecule has 0 spiro atoms. The molecule has 1 heteroatoms. The van der Waals surface area contributed by atoms with Crippen molar-refractivity contribution in [1.29, 1.82) is 0 Å². The lowest BCUT2D eigenvalue weighted by Crippen LogP contribution is -1.88. The summed E-state index contributed by atoms with van der Waals surface area (Å²) >= 11 is 0. The van der Waals surface area contributed by atoms with Gasteiger partial charge in [-0.15, -0.1) is 0 Å². The Balaban J connectivity index is 1.96. The standard InChI is InChI=1S/C14H9N/c1-2-4-10(5-3-1)11-6-7-13-12(8-11)14-9-15(13)14/h1-9H. The van der Waals surface area contributed by atoms with Gasteiger partial charge in [0.25, 0.3) is 0 Å². The second-order valence-corrected chi connectivity index (χ2v) is 3.98. The molecule has 15 heavy (non-hydrogen) atoms. The van der Waals surface area contributed by atoms with Crippen molar-refractivity contribution in [2.75, 3.05) is 0 Å². The fourth-order valence-corrected chi connectivity index (χ4v) is 2.20. The van der Waals surface area contributed by atoms with Gasteiger partial charge in [-0.05, 0) is 23.3 Å². The molecule has 0 unspecified atom stereocenters. The van der Waals surface area contributed by atoms with Crippen LogP contribution in [0.2, 0.25) is 0 Å². The fourth-order valence-electron chi connectivity index (χ4n) is 2.20. The molecule has 0 bridgehead atoms. The second-order valence-electron chi connectivity index (χ2n) is 3.98. The summed E-state index contributed by atoms with van der Waals surface area (Å²) in [4.78, 5) is 0. The van der Waals surface area contributed by atoms with E-state index < -0.39 is 0 Å². The number of rotatable bonds is 1. The normalized spacial score (nSPS) is 12.0. The average molecular weight is 191 g/mol. The second kappa shape index (κ2) is 2.31. The van der Waals surface area contributed by atoms with Gasteiger partial charge in [0, 0.05) is 11.6 Å². The number of fused-ring (bicyclic) bond motifs is 4. The van der Waals surface area contributed by atoms with Gasteiger partial charge in [0.15, 0.2) is 0 Å². The van der Waals surface area contributed by atoms with Crippen molar-refractivity contribution in [3.63, 3.8) is 0 Å². The minimum absolute atomic E-state index is 1.29. The largest absolute Gasteiger partial charge is 0.312 e. The average Bonchev–Trinajstić information content (AvgIpc) is 3.01. The first-order valence-electron chi connectivity index (χ1n) is 5.14. The predicted molar refractivity (Wildman–Crippen MR) is 62.3 cm³/mol. The van der Waals surface area contributed by atoms with Crippen molar-refractivity contribution in [2.24, 2.45) is 0 Å². The van der Waals surface area contributed by atoms with E-state index in [4.69, 9.17) is 0 Å². The van der Waals surface area contributed by atoms with E-state index >= 15 is 0 Å². The maximum absolute atomic E-state index is 2.28. The van der Waals surface area contributed by atoms with Gasteiger partial charge >= 0.3 is 0 Å². The molecule has 4 rings (SSSR count). The summed E-state index contributed by atoms with van der Waals surface area (Å²) in [6, 6.07) is 17.2. The quantitative estimate of drug-likeness (QED) is 0.433. The Morgan fingerprint density at radius 3 is 2.53 bits per heavy atom. The van der Waals surface area contributed by atoms with Crippen molar-refractivity contribution in [2.45, 2.75) is 0 Å². The highest BCUT2D eigenvalue weighted by Gasteiger charge is 2.22. The molecule has 1 nitrogen and oxygen atoms in total. The van der Waals surface area contributed by atoms with E-state index in [-0.39, 0.29) is 0 Å². The van der Waals surface area contributed by atoms with Crippen molar-refractivity contribution < 1.29 is 0 Å². The number of benzene rings is 2. The van der Waals surface area contributed by atoms with Crippen molar-refractivity contribution in [3.8, 4) is 16.8 Å². The summed E-state index contributed by atoms with van der Waals surface area (Å²) in [6.45, 7) is 0. The molecule has 0 aromatic heterocycles. The van der Waals surface area contributed by atoms with E-state index in [1.165, 1.54) is 27.7 Å². The number of aromatic nitrogens is 1.